The van der Waals surface area contributed by atoms with Crippen molar-refractivity contribution < 1.29 is 0 Å². The van der Waals surface area contributed by atoms with E-state index in [1.807, 2.05) is 11.6 Å². The summed E-state index contributed by atoms with van der Waals surface area (Å²) in [4.78, 5) is 0. The Kier molecular flexibility index (Phi) is 7.65. The van der Waals surface area contributed by atoms with Gasteiger partial charge in [0.1, 0.15) is 0 Å². The lowest BCUT2D eigenvalue weighted by atomic mass is 11.0. The second-order valence-corrected chi connectivity index (χ2v) is 3.95. The van der Waals surface area contributed by atoms with Gasteiger partial charge in [-0.05, 0) is 12.3 Å². The van der Waals surface area contributed by atoms with E-state index in [-0.39, 0.29) is 0 Å². The minimum Gasteiger partial charge on any atom is -0.0988 e. The topological polar surface area (TPSA) is 0 Å². The zero-order valence-corrected chi connectivity index (χ0v) is 6.98. The zero-order chi connectivity index (χ0) is 6.24. The molecule has 0 aromatic rings. The molecule has 0 saturated carbocycles. The van der Waals surface area contributed by atoms with Crippen LogP contribution >= 0.6 is 17.2 Å². The largest absolute Gasteiger partial charge is 0.0988 e. The van der Waals surface area contributed by atoms with Crippen molar-refractivity contribution in [1.82, 2.24) is 0 Å². The van der Waals surface area contributed by atoms with Gasteiger partial charge in [-0.1, -0.05) is 42.0 Å². The van der Waals surface area contributed by atoms with Crippen molar-refractivity contribution in [2.24, 2.45) is 0 Å². The van der Waals surface area contributed by atoms with Gasteiger partial charge in [0.15, 0.2) is 0 Å². The monoisotopic (exact) mass is 146 g/mol. The van der Waals surface area contributed by atoms with Crippen LogP contribution in [-0.2, 0) is 0 Å². The van der Waals surface area contributed by atoms with Gasteiger partial charge in [-0.25, -0.2) is 0 Å². The molecular weight excluding hydrogens is 134 g/mol. The molecule has 0 amide bonds. The molecule has 0 aliphatic rings. The molecule has 0 radical (unpaired) electrons. The molecule has 8 heavy (non-hydrogen) atoms. The molecule has 0 rings (SSSR count). The van der Waals surface area contributed by atoms with Crippen molar-refractivity contribution >= 4 is 17.2 Å². The highest BCUT2D eigenvalue weighted by atomic mass is 31.1. The Morgan fingerprint density at radius 2 is 1.38 bits per heavy atom. The van der Waals surface area contributed by atoms with Crippen molar-refractivity contribution in [2.45, 2.75) is 0 Å². The summed E-state index contributed by atoms with van der Waals surface area (Å²) in [5, 5.41) is 0. The minimum absolute atomic E-state index is 0.948. The molecule has 0 N–H and O–H groups in total. The van der Waals surface area contributed by atoms with Gasteiger partial charge in [0.05, 0.1) is 0 Å². The molecule has 0 aromatic heterocycles. The second-order valence-electron chi connectivity index (χ2n) is 1.32. The highest BCUT2D eigenvalue weighted by Crippen LogP contribution is 2.17. The average Bonchev–Trinajstić information content (AvgIpc) is 1.81. The lowest BCUT2D eigenvalue weighted by Gasteiger charge is -1.90. The van der Waals surface area contributed by atoms with Crippen LogP contribution in [0, 0.1) is 0 Å². The van der Waals surface area contributed by atoms with E-state index in [2.05, 4.69) is 13.2 Å². The maximum atomic E-state index is 3.65. The molecule has 2 heteroatoms. The molecular formula is C6H12P2. The average molecular weight is 146 g/mol. The van der Waals surface area contributed by atoms with Crippen LogP contribution in [-0.4, -0.2) is 12.3 Å². The summed E-state index contributed by atoms with van der Waals surface area (Å²) in [5.41, 5.74) is 0. The van der Waals surface area contributed by atoms with Crippen LogP contribution < -0.4 is 0 Å². The molecule has 0 saturated heterocycles. The fraction of sp³-hybridized carbons (Fsp3) is 0.333. The molecule has 0 aliphatic heterocycles. The summed E-state index contributed by atoms with van der Waals surface area (Å²) in [6.45, 7) is 7.30. The van der Waals surface area contributed by atoms with E-state index < -0.39 is 0 Å². The maximum absolute atomic E-state index is 3.65. The predicted octanol–water partition coefficient (Wildman–Crippen LogP) is 2.63. The third-order valence-electron chi connectivity index (χ3n) is 0.702. The normalized spacial score (nSPS) is 11.5. The van der Waals surface area contributed by atoms with Crippen LogP contribution in [0.5, 0.6) is 0 Å². The highest BCUT2D eigenvalue weighted by Gasteiger charge is 1.78. The van der Waals surface area contributed by atoms with E-state index in [1.54, 1.807) is 0 Å². The van der Waals surface area contributed by atoms with Gasteiger partial charge in [-0.15, -0.1) is 0 Å². The molecule has 0 aliphatic carbocycles. The van der Waals surface area contributed by atoms with E-state index in [9.17, 15) is 0 Å². The molecule has 46 valence electrons. The Bertz CT molecular complexity index is 58.9. The Morgan fingerprint density at radius 1 is 1.00 bits per heavy atom. The smallest absolute Gasteiger partial charge is 0.0279 e. The van der Waals surface area contributed by atoms with Crippen molar-refractivity contribution in [1.29, 1.82) is 0 Å². The molecule has 0 fully saturated rings. The molecule has 0 heterocycles. The zero-order valence-electron chi connectivity index (χ0n) is 4.98. The molecule has 2 unspecified atom stereocenters. The Labute approximate surface area is 55.0 Å². The van der Waals surface area contributed by atoms with Crippen LogP contribution in [0.15, 0.2) is 24.8 Å². The van der Waals surface area contributed by atoms with E-state index >= 15 is 0 Å². The first kappa shape index (κ1) is 8.34. The number of rotatable bonds is 5. The summed E-state index contributed by atoms with van der Waals surface area (Å²) >= 11 is 0. The quantitative estimate of drug-likeness (QED) is 0.413. The van der Waals surface area contributed by atoms with Crippen LogP contribution in [0.3, 0.4) is 0 Å². The first-order chi connectivity index (χ1) is 3.91. The molecule has 0 bridgehead atoms. The van der Waals surface area contributed by atoms with Gasteiger partial charge in [0.2, 0.25) is 0 Å². The molecule has 0 spiro atoms. The molecule has 2 atom stereocenters. The molecule has 0 aromatic carbocycles. The lowest BCUT2D eigenvalue weighted by molar-refractivity contribution is 1.54. The fourth-order valence-electron chi connectivity index (χ4n) is 0.348. The van der Waals surface area contributed by atoms with Crippen molar-refractivity contribution in [3.63, 3.8) is 0 Å². The van der Waals surface area contributed by atoms with E-state index in [0.717, 1.165) is 17.2 Å². The van der Waals surface area contributed by atoms with Gasteiger partial charge >= 0.3 is 0 Å². The van der Waals surface area contributed by atoms with Crippen LogP contribution in [0.2, 0.25) is 0 Å². The standard InChI is InChI=1S/C6H12P2/c1-3-7-5-6-8-4-2/h3-4,7-8H,1-2,5-6H2. The van der Waals surface area contributed by atoms with E-state index in [4.69, 9.17) is 0 Å². The third-order valence-corrected chi connectivity index (χ3v) is 2.86. The van der Waals surface area contributed by atoms with Crippen molar-refractivity contribution in [2.75, 3.05) is 12.3 Å². The Morgan fingerprint density at radius 3 is 1.62 bits per heavy atom. The van der Waals surface area contributed by atoms with Crippen LogP contribution in [0.25, 0.3) is 0 Å². The van der Waals surface area contributed by atoms with Gasteiger partial charge in [0.25, 0.3) is 0 Å². The maximum Gasteiger partial charge on any atom is -0.0279 e. The Balaban J connectivity index is 2.71. The van der Waals surface area contributed by atoms with Gasteiger partial charge < -0.3 is 0 Å². The Hall–Kier alpha value is 0.340. The van der Waals surface area contributed by atoms with Crippen molar-refractivity contribution in [3.8, 4) is 0 Å². The SMILES string of the molecule is C=CPCCPC=C. The van der Waals surface area contributed by atoms with Gasteiger partial charge in [-0.3, -0.25) is 0 Å². The second kappa shape index (κ2) is 7.34. The molecule has 0 nitrogen and oxygen atoms in total. The van der Waals surface area contributed by atoms with Crippen LogP contribution in [0.1, 0.15) is 0 Å². The lowest BCUT2D eigenvalue weighted by Crippen LogP contribution is -1.71. The summed E-state index contributed by atoms with van der Waals surface area (Å²) in [7, 11) is 1.90. The van der Waals surface area contributed by atoms with E-state index in [1.165, 1.54) is 12.3 Å². The van der Waals surface area contributed by atoms with Crippen molar-refractivity contribution in [3.05, 3.63) is 24.8 Å². The number of hydrogen-bond acceptors (Lipinski definition) is 0. The predicted molar refractivity (Wildman–Crippen MR) is 46.8 cm³/mol. The highest BCUT2D eigenvalue weighted by molar-refractivity contribution is 7.45. The summed E-state index contributed by atoms with van der Waals surface area (Å²) in [6.07, 6.45) is 2.60. The summed E-state index contributed by atoms with van der Waals surface area (Å²) in [5.74, 6) is 3.99. The van der Waals surface area contributed by atoms with E-state index in [0.29, 0.717) is 0 Å². The van der Waals surface area contributed by atoms with Crippen LogP contribution in [0.4, 0.5) is 0 Å². The number of hydrogen-bond donors (Lipinski definition) is 0. The summed E-state index contributed by atoms with van der Waals surface area (Å²) < 4.78 is 0. The fourth-order valence-corrected chi connectivity index (χ4v) is 1.91. The van der Waals surface area contributed by atoms with Gasteiger partial charge in [-0.2, -0.15) is 0 Å². The summed E-state index contributed by atoms with van der Waals surface area (Å²) in [6, 6.07) is 0. The minimum atomic E-state index is 0.948. The van der Waals surface area contributed by atoms with Gasteiger partial charge in [0, 0.05) is 0 Å². The third kappa shape index (κ3) is 6.34. The first-order valence-electron chi connectivity index (χ1n) is 2.60. The first-order valence-corrected chi connectivity index (χ1v) is 5.17.